The maximum Gasteiger partial charge on any atom is 0.407 e. The molecule has 0 bridgehead atoms. The summed E-state index contributed by atoms with van der Waals surface area (Å²) in [6, 6.07) is 3.17. The Morgan fingerprint density at radius 1 is 1.39 bits per heavy atom. The van der Waals surface area contributed by atoms with E-state index in [0.29, 0.717) is 11.3 Å². The lowest BCUT2D eigenvalue weighted by Crippen LogP contribution is -2.32. The van der Waals surface area contributed by atoms with E-state index >= 15 is 0 Å². The number of hydrogen-bond donors (Lipinski definition) is 1. The van der Waals surface area contributed by atoms with Gasteiger partial charge in [0.25, 0.3) is 5.24 Å². The molecule has 1 N–H and O–H groups in total. The number of rotatable bonds is 3. The minimum atomic E-state index is -0.561. The number of nitrogens with one attached hydrogen (secondary N) is 1. The summed E-state index contributed by atoms with van der Waals surface area (Å²) in [5.74, 6) is 0. The van der Waals surface area contributed by atoms with E-state index in [1.165, 1.54) is 6.20 Å². The molecule has 1 rings (SSSR count). The minimum absolute atomic E-state index is 0.228. The van der Waals surface area contributed by atoms with E-state index in [0.717, 1.165) is 0 Å². The van der Waals surface area contributed by atoms with Crippen LogP contribution in [0.25, 0.3) is 0 Å². The van der Waals surface area contributed by atoms with E-state index in [-0.39, 0.29) is 6.54 Å². The number of ether oxygens (including phenoxy) is 1. The van der Waals surface area contributed by atoms with Gasteiger partial charge in [0.15, 0.2) is 0 Å². The molecular weight excluding hydrogens is 256 g/mol. The van der Waals surface area contributed by atoms with E-state index in [2.05, 4.69) is 10.3 Å². The van der Waals surface area contributed by atoms with Gasteiger partial charge in [0, 0.05) is 6.20 Å². The molecule has 0 unspecified atom stereocenters. The van der Waals surface area contributed by atoms with Crippen LogP contribution in [0, 0.1) is 0 Å². The fourth-order valence-electron chi connectivity index (χ4n) is 1.12. The summed E-state index contributed by atoms with van der Waals surface area (Å²) in [5, 5.41) is 2.00. The van der Waals surface area contributed by atoms with Gasteiger partial charge < -0.3 is 10.1 Å². The van der Waals surface area contributed by atoms with Crippen LogP contribution in [0.5, 0.6) is 0 Å². The van der Waals surface area contributed by atoms with Crippen molar-refractivity contribution < 1.29 is 14.3 Å². The van der Waals surface area contributed by atoms with Crippen molar-refractivity contribution >= 4 is 22.9 Å². The number of nitrogens with zero attached hydrogens (tertiary/aromatic N) is 1. The Kier molecular flexibility index (Phi) is 4.67. The zero-order valence-corrected chi connectivity index (χ0v) is 11.2. The van der Waals surface area contributed by atoms with Crippen LogP contribution in [0.1, 0.15) is 36.8 Å². The van der Waals surface area contributed by atoms with Crippen molar-refractivity contribution in [1.29, 1.82) is 0 Å². The molecule has 0 fully saturated rings. The molecule has 0 aliphatic carbocycles. The van der Waals surface area contributed by atoms with Crippen molar-refractivity contribution in [2.24, 2.45) is 0 Å². The fourth-order valence-corrected chi connectivity index (χ4v) is 1.23. The number of hydrogen-bond acceptors (Lipinski definition) is 4. The first-order chi connectivity index (χ1) is 8.28. The van der Waals surface area contributed by atoms with Gasteiger partial charge in [-0.25, -0.2) is 4.79 Å². The highest BCUT2D eigenvalue weighted by Crippen LogP contribution is 2.07. The van der Waals surface area contributed by atoms with Gasteiger partial charge in [-0.2, -0.15) is 0 Å². The smallest absolute Gasteiger partial charge is 0.407 e. The first-order valence-electron chi connectivity index (χ1n) is 5.39. The van der Waals surface area contributed by atoms with E-state index < -0.39 is 16.9 Å². The lowest BCUT2D eigenvalue weighted by Gasteiger charge is -2.19. The predicted molar refractivity (Wildman–Crippen MR) is 67.5 cm³/mol. The van der Waals surface area contributed by atoms with Gasteiger partial charge in [-0.1, -0.05) is 0 Å². The van der Waals surface area contributed by atoms with Gasteiger partial charge in [-0.05, 0) is 44.5 Å². The van der Waals surface area contributed by atoms with Gasteiger partial charge in [-0.3, -0.25) is 9.78 Å². The van der Waals surface area contributed by atoms with Crippen LogP contribution in [-0.4, -0.2) is 21.9 Å². The maximum absolute atomic E-state index is 11.4. The molecule has 6 heteroatoms. The van der Waals surface area contributed by atoms with Crippen molar-refractivity contribution in [1.82, 2.24) is 10.3 Å². The second-order valence-electron chi connectivity index (χ2n) is 4.67. The van der Waals surface area contributed by atoms with Crippen molar-refractivity contribution in [2.45, 2.75) is 32.9 Å². The molecule has 98 valence electrons. The van der Waals surface area contributed by atoms with Crippen molar-refractivity contribution in [2.75, 3.05) is 0 Å². The number of halogens is 1. The Morgan fingerprint density at radius 2 is 2.06 bits per heavy atom. The average molecular weight is 271 g/mol. The molecule has 0 saturated heterocycles. The monoisotopic (exact) mass is 270 g/mol. The maximum atomic E-state index is 11.4. The third-order valence-corrected chi connectivity index (χ3v) is 2.08. The standard InChI is InChI=1S/C12H15ClN2O3/c1-12(2,3)18-11(17)15-7-9-5-4-8(6-14-9)10(13)16/h4-6H,7H2,1-3H3,(H,15,17). The topological polar surface area (TPSA) is 68.3 Å². The number of carbonyl (C=O) groups is 2. The third kappa shape index (κ3) is 5.14. The Morgan fingerprint density at radius 3 is 2.50 bits per heavy atom. The Balaban J connectivity index is 2.49. The summed E-state index contributed by atoms with van der Waals surface area (Å²) in [7, 11) is 0. The normalized spacial score (nSPS) is 10.9. The molecule has 0 spiro atoms. The Hall–Kier alpha value is -1.62. The van der Waals surface area contributed by atoms with Gasteiger partial charge in [-0.15, -0.1) is 0 Å². The molecule has 0 aromatic carbocycles. The van der Waals surface area contributed by atoms with Crippen molar-refractivity contribution in [3.05, 3.63) is 29.6 Å². The van der Waals surface area contributed by atoms with Gasteiger partial charge in [0.1, 0.15) is 5.60 Å². The molecule has 1 heterocycles. The molecule has 5 nitrogen and oxygen atoms in total. The molecule has 1 amide bonds. The van der Waals surface area contributed by atoms with Crippen molar-refractivity contribution in [3.8, 4) is 0 Å². The molecule has 0 aliphatic rings. The molecular formula is C12H15ClN2O3. The SMILES string of the molecule is CC(C)(C)OC(=O)NCc1ccc(C(=O)Cl)cn1. The molecule has 0 radical (unpaired) electrons. The minimum Gasteiger partial charge on any atom is -0.444 e. The third-order valence-electron chi connectivity index (χ3n) is 1.86. The Bertz CT molecular complexity index is 438. The van der Waals surface area contributed by atoms with Crippen LogP contribution in [-0.2, 0) is 11.3 Å². The van der Waals surface area contributed by atoms with E-state index in [4.69, 9.17) is 16.3 Å². The van der Waals surface area contributed by atoms with Gasteiger partial charge in [0.05, 0.1) is 17.8 Å². The zero-order valence-electron chi connectivity index (χ0n) is 10.5. The first-order valence-corrected chi connectivity index (χ1v) is 5.77. The largest absolute Gasteiger partial charge is 0.444 e. The predicted octanol–water partition coefficient (Wildman–Crippen LogP) is 2.49. The van der Waals surface area contributed by atoms with Crippen LogP contribution in [0.3, 0.4) is 0 Å². The number of amides is 1. The highest BCUT2D eigenvalue weighted by molar-refractivity contribution is 6.67. The highest BCUT2D eigenvalue weighted by Gasteiger charge is 2.15. The summed E-state index contributed by atoms with van der Waals surface area (Å²) in [4.78, 5) is 26.2. The lowest BCUT2D eigenvalue weighted by atomic mass is 10.2. The summed E-state index contributed by atoms with van der Waals surface area (Å²) in [6.07, 6.45) is 0.850. The second kappa shape index (κ2) is 5.82. The first kappa shape index (κ1) is 14.4. The van der Waals surface area contributed by atoms with E-state index in [1.807, 2.05) is 0 Å². The summed E-state index contributed by atoms with van der Waals surface area (Å²) < 4.78 is 5.07. The van der Waals surface area contributed by atoms with Crippen LogP contribution in [0.15, 0.2) is 18.3 Å². The lowest BCUT2D eigenvalue weighted by molar-refractivity contribution is 0.0522. The molecule has 0 atom stereocenters. The van der Waals surface area contributed by atoms with Crippen LogP contribution >= 0.6 is 11.6 Å². The van der Waals surface area contributed by atoms with Gasteiger partial charge >= 0.3 is 6.09 Å². The van der Waals surface area contributed by atoms with Crippen molar-refractivity contribution in [3.63, 3.8) is 0 Å². The molecule has 18 heavy (non-hydrogen) atoms. The fraction of sp³-hybridized carbons (Fsp3) is 0.417. The Labute approximate surface area is 110 Å². The molecule has 0 saturated carbocycles. The van der Waals surface area contributed by atoms with Crippen LogP contribution < -0.4 is 5.32 Å². The summed E-state index contributed by atoms with van der Waals surface area (Å²) in [5.41, 5.74) is 0.395. The summed E-state index contributed by atoms with van der Waals surface area (Å²) >= 11 is 5.29. The molecule has 0 aliphatic heterocycles. The summed E-state index contributed by atoms with van der Waals surface area (Å²) in [6.45, 7) is 5.58. The molecule has 1 aromatic rings. The van der Waals surface area contributed by atoms with Gasteiger partial charge in [0.2, 0.25) is 0 Å². The number of pyridine rings is 1. The van der Waals surface area contributed by atoms with Crippen LogP contribution in [0.4, 0.5) is 4.79 Å². The highest BCUT2D eigenvalue weighted by atomic mass is 35.5. The van der Waals surface area contributed by atoms with Crippen LogP contribution in [0.2, 0.25) is 0 Å². The zero-order chi connectivity index (χ0) is 13.8. The number of alkyl carbamates (subject to hydrolysis) is 1. The quantitative estimate of drug-likeness (QED) is 0.857. The average Bonchev–Trinajstić information content (AvgIpc) is 2.24. The second-order valence-corrected chi connectivity index (χ2v) is 5.01. The molecule has 1 aromatic heterocycles. The number of aromatic nitrogens is 1. The van der Waals surface area contributed by atoms with E-state index in [1.54, 1.807) is 32.9 Å². The van der Waals surface area contributed by atoms with E-state index in [9.17, 15) is 9.59 Å². The number of carbonyl (C=O) groups excluding carboxylic acids is 2.